The summed E-state index contributed by atoms with van der Waals surface area (Å²) < 4.78 is 4.16. The van der Waals surface area contributed by atoms with Gasteiger partial charge in [-0.25, -0.2) is 9.67 Å². The molecule has 1 saturated heterocycles. The van der Waals surface area contributed by atoms with Gasteiger partial charge in [0, 0.05) is 45.3 Å². The van der Waals surface area contributed by atoms with E-state index in [2.05, 4.69) is 61.2 Å². The van der Waals surface area contributed by atoms with Crippen LogP contribution in [0.2, 0.25) is 0 Å². The van der Waals surface area contributed by atoms with Gasteiger partial charge in [-0.2, -0.15) is 5.10 Å². The van der Waals surface area contributed by atoms with E-state index in [9.17, 15) is 0 Å². The quantitative estimate of drug-likeness (QED) is 0.548. The molecule has 0 bridgehead atoms. The number of aliphatic imine (C=N–C) groups is 1. The lowest BCUT2D eigenvalue weighted by Crippen LogP contribution is -2.48. The number of nitrogens with one attached hydrogen (secondary N) is 1. The highest BCUT2D eigenvalue weighted by molar-refractivity contribution is 5.80. The lowest BCUT2D eigenvalue weighted by molar-refractivity contribution is 0.189. The van der Waals surface area contributed by atoms with E-state index in [1.807, 2.05) is 49.5 Å². The average molecular weight is 392 g/mol. The van der Waals surface area contributed by atoms with Crippen LogP contribution >= 0.6 is 0 Å². The van der Waals surface area contributed by atoms with E-state index in [0.717, 1.165) is 36.9 Å². The predicted molar refractivity (Wildman–Crippen MR) is 115 cm³/mol. The number of aromatic nitrogens is 4. The zero-order valence-corrected chi connectivity index (χ0v) is 17.4. The molecule has 7 nitrogen and oxygen atoms in total. The van der Waals surface area contributed by atoms with Crippen LogP contribution in [0.25, 0.3) is 5.69 Å². The molecule has 2 unspecified atom stereocenters. The Labute approximate surface area is 172 Å². The Kier molecular flexibility index (Phi) is 5.64. The minimum absolute atomic E-state index is 0.407. The minimum Gasteiger partial charge on any atom is -0.352 e. The van der Waals surface area contributed by atoms with Gasteiger partial charge in [-0.15, -0.1) is 0 Å². The van der Waals surface area contributed by atoms with Gasteiger partial charge < -0.3 is 14.8 Å². The third-order valence-corrected chi connectivity index (χ3v) is 5.74. The molecule has 0 radical (unpaired) electrons. The van der Waals surface area contributed by atoms with Crippen LogP contribution in [0.4, 0.5) is 0 Å². The molecule has 3 aromatic rings. The zero-order chi connectivity index (χ0) is 20.2. The number of likely N-dealkylation sites (tertiary alicyclic amines) is 1. The van der Waals surface area contributed by atoms with Crippen molar-refractivity contribution in [3.8, 4) is 5.69 Å². The van der Waals surface area contributed by atoms with Crippen molar-refractivity contribution in [3.63, 3.8) is 0 Å². The highest BCUT2D eigenvalue weighted by Crippen LogP contribution is 2.27. The van der Waals surface area contributed by atoms with E-state index < -0.39 is 0 Å². The Morgan fingerprint density at radius 2 is 2.10 bits per heavy atom. The number of hydrogen-bond acceptors (Lipinski definition) is 3. The van der Waals surface area contributed by atoms with Crippen molar-refractivity contribution >= 4 is 5.96 Å². The van der Waals surface area contributed by atoms with Gasteiger partial charge >= 0.3 is 0 Å². The van der Waals surface area contributed by atoms with Gasteiger partial charge in [-0.05, 0) is 37.0 Å². The van der Waals surface area contributed by atoms with Crippen LogP contribution in [0.3, 0.4) is 0 Å². The Bertz CT molecular complexity index is 957. The van der Waals surface area contributed by atoms with E-state index in [0.29, 0.717) is 18.5 Å². The van der Waals surface area contributed by atoms with Crippen LogP contribution in [-0.4, -0.2) is 50.3 Å². The summed E-state index contributed by atoms with van der Waals surface area (Å²) in [5.74, 6) is 1.55. The molecule has 2 aromatic heterocycles. The fraction of sp³-hybridized carbons (Fsp3) is 0.409. The molecule has 2 atom stereocenters. The minimum atomic E-state index is 0.407. The van der Waals surface area contributed by atoms with E-state index >= 15 is 0 Å². The molecule has 0 spiro atoms. The molecule has 4 rings (SSSR count). The molecule has 1 N–H and O–H groups in total. The lowest BCUT2D eigenvalue weighted by atomic mass is 9.93. The first-order valence-corrected chi connectivity index (χ1v) is 10.2. The highest BCUT2D eigenvalue weighted by atomic mass is 15.3. The number of piperidine rings is 1. The molecule has 0 saturated carbocycles. The van der Waals surface area contributed by atoms with Crippen molar-refractivity contribution in [2.45, 2.75) is 32.9 Å². The van der Waals surface area contributed by atoms with Crippen molar-refractivity contribution in [2.24, 2.45) is 10.9 Å². The van der Waals surface area contributed by atoms with E-state index in [1.165, 1.54) is 5.56 Å². The summed E-state index contributed by atoms with van der Waals surface area (Å²) >= 11 is 0. The normalized spacial score (nSPS) is 20.1. The monoisotopic (exact) mass is 391 g/mol. The van der Waals surface area contributed by atoms with Gasteiger partial charge in [-0.3, -0.25) is 4.99 Å². The van der Waals surface area contributed by atoms with Gasteiger partial charge in [0.1, 0.15) is 0 Å². The lowest BCUT2D eigenvalue weighted by Gasteiger charge is -2.39. The maximum atomic E-state index is 4.56. The molecule has 29 heavy (non-hydrogen) atoms. The molecule has 1 aliphatic heterocycles. The predicted octanol–water partition coefficient (Wildman–Crippen LogP) is 3.04. The summed E-state index contributed by atoms with van der Waals surface area (Å²) in [7, 11) is 1.86. The maximum Gasteiger partial charge on any atom is 0.193 e. The van der Waals surface area contributed by atoms with E-state index in [-0.39, 0.29) is 0 Å². The number of aryl methyl sites for hydroxylation is 1. The third kappa shape index (κ3) is 4.18. The first-order valence-electron chi connectivity index (χ1n) is 10.2. The Morgan fingerprint density at radius 1 is 1.24 bits per heavy atom. The van der Waals surface area contributed by atoms with Gasteiger partial charge in [0.15, 0.2) is 5.96 Å². The number of nitrogens with zero attached hydrogens (tertiary/aromatic N) is 6. The molecule has 0 amide bonds. The maximum absolute atomic E-state index is 4.56. The summed E-state index contributed by atoms with van der Waals surface area (Å²) in [6.45, 7) is 6.96. The molecule has 152 valence electrons. The molecular formula is C22H29N7. The fourth-order valence-corrected chi connectivity index (χ4v) is 4.03. The van der Waals surface area contributed by atoms with E-state index in [1.54, 1.807) is 0 Å². The fourth-order valence-electron chi connectivity index (χ4n) is 4.03. The number of rotatable bonds is 4. The zero-order valence-electron chi connectivity index (χ0n) is 17.4. The van der Waals surface area contributed by atoms with Gasteiger partial charge in [0.05, 0.1) is 23.8 Å². The first kappa shape index (κ1) is 19.2. The van der Waals surface area contributed by atoms with Gasteiger partial charge in [-0.1, -0.05) is 25.1 Å². The first-order chi connectivity index (χ1) is 14.2. The number of hydrogen-bond donors (Lipinski definition) is 1. The molecule has 1 fully saturated rings. The van der Waals surface area contributed by atoms with Crippen LogP contribution in [0.15, 0.2) is 60.2 Å². The summed E-state index contributed by atoms with van der Waals surface area (Å²) in [4.78, 5) is 11.1. The van der Waals surface area contributed by atoms with Crippen LogP contribution < -0.4 is 5.32 Å². The molecule has 7 heteroatoms. The van der Waals surface area contributed by atoms with Crippen LogP contribution in [0.1, 0.15) is 30.6 Å². The van der Waals surface area contributed by atoms with Crippen molar-refractivity contribution in [2.75, 3.05) is 20.1 Å². The summed E-state index contributed by atoms with van der Waals surface area (Å²) in [5, 5.41) is 8.13. The summed E-state index contributed by atoms with van der Waals surface area (Å²) in [6, 6.07) is 10.8. The molecule has 0 aliphatic carbocycles. The third-order valence-electron chi connectivity index (χ3n) is 5.74. The molecule has 3 heterocycles. The topological polar surface area (TPSA) is 63.3 Å². The number of imidazole rings is 1. The summed E-state index contributed by atoms with van der Waals surface area (Å²) in [6.07, 6.45) is 8.97. The van der Waals surface area contributed by atoms with Crippen LogP contribution in [-0.2, 0) is 6.54 Å². The number of benzene rings is 1. The van der Waals surface area contributed by atoms with Crippen molar-refractivity contribution < 1.29 is 0 Å². The second kappa shape index (κ2) is 8.51. The second-order valence-corrected chi connectivity index (χ2v) is 7.72. The van der Waals surface area contributed by atoms with Crippen molar-refractivity contribution in [1.29, 1.82) is 0 Å². The number of guanidine groups is 1. The van der Waals surface area contributed by atoms with Crippen LogP contribution in [0.5, 0.6) is 0 Å². The van der Waals surface area contributed by atoms with E-state index in [4.69, 9.17) is 0 Å². The smallest absolute Gasteiger partial charge is 0.193 e. The highest BCUT2D eigenvalue weighted by Gasteiger charge is 2.28. The Morgan fingerprint density at radius 3 is 2.83 bits per heavy atom. The Balaban J connectivity index is 1.47. The van der Waals surface area contributed by atoms with Gasteiger partial charge in [0.2, 0.25) is 0 Å². The molecule has 1 aliphatic rings. The standard InChI is InChI=1S/C22H29N7/c1-17-8-11-27(15-21(17)28-13-10-24-16-28)22(23-3)25-14-19-6-4-5-7-20(19)29-12-9-18(2)26-29/h4-7,9-10,12-13,16-17,21H,8,11,14-15H2,1-3H3,(H,23,25). The van der Waals surface area contributed by atoms with Crippen LogP contribution in [0, 0.1) is 12.8 Å². The van der Waals surface area contributed by atoms with Crippen molar-refractivity contribution in [3.05, 3.63) is 66.5 Å². The largest absolute Gasteiger partial charge is 0.352 e. The number of para-hydroxylation sites is 1. The Hall–Kier alpha value is -3.09. The SMILES string of the molecule is CN=C(NCc1ccccc1-n1ccc(C)n1)N1CCC(C)C(n2ccnc2)C1. The molecule has 1 aromatic carbocycles. The van der Waals surface area contributed by atoms with Gasteiger partial charge in [0.25, 0.3) is 0 Å². The second-order valence-electron chi connectivity index (χ2n) is 7.72. The summed E-state index contributed by atoms with van der Waals surface area (Å²) in [5.41, 5.74) is 3.29. The average Bonchev–Trinajstić information content (AvgIpc) is 3.42. The molecular weight excluding hydrogens is 362 g/mol. The van der Waals surface area contributed by atoms with Crippen molar-refractivity contribution in [1.82, 2.24) is 29.5 Å².